The minimum Gasteiger partial charge on any atom is -0.330 e. The second kappa shape index (κ2) is 8.09. The van der Waals surface area contributed by atoms with Gasteiger partial charge in [-0.3, -0.25) is 19.5 Å². The first-order valence-electron chi connectivity index (χ1n) is 11.8. The van der Waals surface area contributed by atoms with E-state index < -0.39 is 0 Å². The quantitative estimate of drug-likeness (QED) is 0.760. The Labute approximate surface area is 195 Å². The molecule has 3 amide bonds. The van der Waals surface area contributed by atoms with Crippen molar-refractivity contribution in [2.75, 3.05) is 37.5 Å². The zero-order valence-electron chi connectivity index (χ0n) is 19.6. The highest BCUT2D eigenvalue weighted by molar-refractivity contribution is 5.96. The summed E-state index contributed by atoms with van der Waals surface area (Å²) < 4.78 is 0. The lowest BCUT2D eigenvalue weighted by molar-refractivity contribution is -0.119. The van der Waals surface area contributed by atoms with E-state index in [0.29, 0.717) is 18.2 Å². The Morgan fingerprint density at radius 2 is 1.67 bits per heavy atom. The molecule has 174 valence electrons. The van der Waals surface area contributed by atoms with Crippen LogP contribution in [0.5, 0.6) is 0 Å². The van der Waals surface area contributed by atoms with Gasteiger partial charge in [0.1, 0.15) is 0 Å². The summed E-state index contributed by atoms with van der Waals surface area (Å²) in [7, 11) is 6.00. The molecule has 2 aromatic rings. The number of anilines is 2. The van der Waals surface area contributed by atoms with E-state index in [1.807, 2.05) is 0 Å². The number of hydrogen-bond acceptors (Lipinski definition) is 5. The summed E-state index contributed by atoms with van der Waals surface area (Å²) in [6, 6.07) is 10.6. The highest BCUT2D eigenvalue weighted by Gasteiger charge is 2.50. The Hall–Kier alpha value is -3.00. The van der Waals surface area contributed by atoms with E-state index in [2.05, 4.69) is 64.6 Å². The molecule has 8 nitrogen and oxygen atoms in total. The molecule has 1 aliphatic heterocycles. The van der Waals surface area contributed by atoms with Gasteiger partial charge in [0.25, 0.3) is 0 Å². The van der Waals surface area contributed by atoms with E-state index in [9.17, 15) is 9.59 Å². The smallest absolute Gasteiger partial charge is 0.322 e. The van der Waals surface area contributed by atoms with Crippen molar-refractivity contribution in [2.45, 2.75) is 49.6 Å². The van der Waals surface area contributed by atoms with Crippen molar-refractivity contribution in [1.29, 1.82) is 0 Å². The first-order valence-corrected chi connectivity index (χ1v) is 11.8. The maximum atomic E-state index is 12.9. The van der Waals surface area contributed by atoms with E-state index in [4.69, 9.17) is 0 Å². The number of nitrogens with one attached hydrogen (secondary N) is 1. The number of rotatable bonds is 5. The number of urea groups is 1. The normalized spacial score (nSPS) is 27.2. The number of aromatic nitrogens is 2. The van der Waals surface area contributed by atoms with Gasteiger partial charge in [-0.2, -0.15) is 0 Å². The van der Waals surface area contributed by atoms with Gasteiger partial charge in [0.2, 0.25) is 11.9 Å². The molecule has 2 heterocycles. The lowest BCUT2D eigenvalue weighted by Crippen LogP contribution is -2.54. The molecular formula is C25H32N6O2. The number of nitrogens with zero attached hydrogens (tertiary/aromatic N) is 5. The molecule has 1 saturated heterocycles. The summed E-state index contributed by atoms with van der Waals surface area (Å²) in [6.45, 7) is 0.601. The maximum absolute atomic E-state index is 12.9. The van der Waals surface area contributed by atoms with Gasteiger partial charge < -0.3 is 5.32 Å². The fraction of sp³-hybridized carbons (Fsp3) is 0.520. The number of hydrogen-bond donors (Lipinski definition) is 1. The van der Waals surface area contributed by atoms with Crippen LogP contribution in [-0.2, 0) is 10.3 Å². The molecule has 5 rings (SSSR count). The van der Waals surface area contributed by atoms with Gasteiger partial charge in [0.05, 0.1) is 30.2 Å². The van der Waals surface area contributed by atoms with Crippen molar-refractivity contribution in [1.82, 2.24) is 20.2 Å². The van der Waals surface area contributed by atoms with E-state index in [1.54, 1.807) is 24.3 Å². The Bertz CT molecular complexity index is 1030. The van der Waals surface area contributed by atoms with Crippen LogP contribution in [0.4, 0.5) is 16.4 Å². The third kappa shape index (κ3) is 3.86. The molecule has 1 aromatic heterocycles. The Kier molecular flexibility index (Phi) is 5.35. The summed E-state index contributed by atoms with van der Waals surface area (Å²) in [6.07, 6.45) is 8.93. The summed E-state index contributed by atoms with van der Waals surface area (Å²) in [5, 5.41) is 3.27. The van der Waals surface area contributed by atoms with E-state index in [0.717, 1.165) is 38.5 Å². The number of carbonyl (C=O) groups is 2. The molecule has 2 saturated carbocycles. The van der Waals surface area contributed by atoms with Gasteiger partial charge in [-0.15, -0.1) is 0 Å². The maximum Gasteiger partial charge on any atom is 0.322 e. The van der Waals surface area contributed by atoms with Crippen molar-refractivity contribution < 1.29 is 9.59 Å². The van der Waals surface area contributed by atoms with Crippen molar-refractivity contribution in [2.24, 2.45) is 5.92 Å². The van der Waals surface area contributed by atoms with Crippen molar-refractivity contribution >= 4 is 23.6 Å². The lowest BCUT2D eigenvalue weighted by atomic mass is 9.69. The van der Waals surface area contributed by atoms with Crippen molar-refractivity contribution in [3.63, 3.8) is 0 Å². The predicted molar refractivity (Wildman–Crippen MR) is 127 cm³/mol. The standard InChI is InChI=1S/C25H32N6O2/c1-29(2)25(19-7-5-4-6-8-19)13-11-24(12-14-25)17-31(23(33)28-24)20-15-26-22(27-16-20)30(3)21(32)18-9-10-18/h4-8,15-16,18H,9-14,17H2,1-3H3,(H,28,33)/t24-,25-. The molecule has 3 fully saturated rings. The molecule has 1 N–H and O–H groups in total. The van der Waals surface area contributed by atoms with Crippen LogP contribution < -0.4 is 15.1 Å². The van der Waals surface area contributed by atoms with Crippen LogP contribution >= 0.6 is 0 Å². The molecule has 0 unspecified atom stereocenters. The SMILES string of the molecule is CN(C(=O)C1CC1)c1ncc(N2C[C@]3(CC[C@@](c4ccccc4)(N(C)C)CC3)NC2=O)cn1. The summed E-state index contributed by atoms with van der Waals surface area (Å²) >= 11 is 0. The van der Waals surface area contributed by atoms with Crippen molar-refractivity contribution in [3.05, 3.63) is 48.3 Å². The number of benzene rings is 1. The minimum absolute atomic E-state index is 0.0197. The fourth-order valence-electron chi connectivity index (χ4n) is 5.41. The second-order valence-corrected chi connectivity index (χ2v) is 10.0. The molecule has 0 atom stereocenters. The zero-order valence-corrected chi connectivity index (χ0v) is 19.6. The molecule has 1 aromatic carbocycles. The van der Waals surface area contributed by atoms with Gasteiger partial charge in [-0.1, -0.05) is 30.3 Å². The third-order valence-corrected chi connectivity index (χ3v) is 7.77. The average Bonchev–Trinajstić information content (AvgIpc) is 3.63. The molecule has 8 heteroatoms. The molecule has 3 aliphatic rings. The predicted octanol–water partition coefficient (Wildman–Crippen LogP) is 3.15. The zero-order chi connectivity index (χ0) is 23.2. The second-order valence-electron chi connectivity index (χ2n) is 10.0. The number of amides is 3. The van der Waals surface area contributed by atoms with Crippen LogP contribution in [-0.4, -0.2) is 60.0 Å². The van der Waals surface area contributed by atoms with Gasteiger partial charge >= 0.3 is 6.03 Å². The van der Waals surface area contributed by atoms with Crippen LogP contribution in [0.1, 0.15) is 44.1 Å². The van der Waals surface area contributed by atoms with Gasteiger partial charge in [0, 0.05) is 18.5 Å². The number of carbonyl (C=O) groups excluding carboxylic acids is 2. The fourth-order valence-corrected chi connectivity index (χ4v) is 5.41. The van der Waals surface area contributed by atoms with Crippen LogP contribution in [0, 0.1) is 5.92 Å². The lowest BCUT2D eigenvalue weighted by Gasteiger charge is -2.48. The van der Waals surface area contributed by atoms with Crippen LogP contribution in [0.3, 0.4) is 0 Å². The first kappa shape index (κ1) is 21.8. The molecule has 0 bridgehead atoms. The third-order valence-electron chi connectivity index (χ3n) is 7.77. The Balaban J connectivity index is 1.29. The summed E-state index contributed by atoms with van der Waals surface area (Å²) in [5.74, 6) is 0.547. The highest BCUT2D eigenvalue weighted by Crippen LogP contribution is 2.46. The van der Waals surface area contributed by atoms with Crippen LogP contribution in [0.25, 0.3) is 0 Å². The Morgan fingerprint density at radius 1 is 1.03 bits per heavy atom. The highest BCUT2D eigenvalue weighted by atomic mass is 16.2. The first-order chi connectivity index (χ1) is 15.8. The van der Waals surface area contributed by atoms with Gasteiger partial charge in [-0.25, -0.2) is 14.8 Å². The van der Waals surface area contributed by atoms with E-state index in [1.165, 1.54) is 10.5 Å². The molecule has 2 aliphatic carbocycles. The summed E-state index contributed by atoms with van der Waals surface area (Å²) in [5.41, 5.74) is 1.73. The average molecular weight is 449 g/mol. The van der Waals surface area contributed by atoms with E-state index >= 15 is 0 Å². The molecule has 33 heavy (non-hydrogen) atoms. The Morgan fingerprint density at radius 3 is 2.24 bits per heavy atom. The largest absolute Gasteiger partial charge is 0.330 e. The van der Waals surface area contributed by atoms with Gasteiger partial charge in [0.15, 0.2) is 0 Å². The summed E-state index contributed by atoms with van der Waals surface area (Å²) in [4.78, 5) is 39.5. The van der Waals surface area contributed by atoms with Crippen LogP contribution in [0.2, 0.25) is 0 Å². The van der Waals surface area contributed by atoms with E-state index in [-0.39, 0.29) is 28.9 Å². The van der Waals surface area contributed by atoms with Crippen LogP contribution in [0.15, 0.2) is 42.7 Å². The monoisotopic (exact) mass is 448 g/mol. The molecule has 0 radical (unpaired) electrons. The minimum atomic E-state index is -0.247. The van der Waals surface area contributed by atoms with Gasteiger partial charge in [-0.05, 0) is 58.2 Å². The topological polar surface area (TPSA) is 81.7 Å². The van der Waals surface area contributed by atoms with Crippen molar-refractivity contribution in [3.8, 4) is 0 Å². The molecular weight excluding hydrogens is 416 g/mol. The molecule has 1 spiro atoms.